The molecule has 0 aromatic heterocycles. The maximum atomic E-state index is 12.8. The molecule has 2 aromatic rings. The second-order valence-corrected chi connectivity index (χ2v) is 7.93. The summed E-state index contributed by atoms with van der Waals surface area (Å²) in [4.78, 5) is 27.1. The molecule has 1 atom stereocenters. The van der Waals surface area contributed by atoms with Crippen molar-refractivity contribution < 1.29 is 9.72 Å². The van der Waals surface area contributed by atoms with E-state index in [4.69, 9.17) is 0 Å². The Bertz CT molecular complexity index is 845. The highest BCUT2D eigenvalue weighted by Crippen LogP contribution is 2.35. The van der Waals surface area contributed by atoms with Crippen LogP contribution in [0.15, 0.2) is 52.3 Å². The van der Waals surface area contributed by atoms with Gasteiger partial charge in [-0.25, -0.2) is 0 Å². The first-order chi connectivity index (χ1) is 13.0. The van der Waals surface area contributed by atoms with Gasteiger partial charge < -0.3 is 10.2 Å². The molecule has 1 fully saturated rings. The molecule has 0 bridgehead atoms. The fraction of sp³-hybridized carbons (Fsp3) is 0.350. The number of nitrogens with one attached hydrogen (secondary N) is 1. The van der Waals surface area contributed by atoms with Crippen LogP contribution in [-0.2, 0) is 0 Å². The Morgan fingerprint density at radius 2 is 2.00 bits per heavy atom. The lowest BCUT2D eigenvalue weighted by Gasteiger charge is -2.17. The largest absolute Gasteiger partial charge is 0.338 e. The predicted octanol–water partition coefficient (Wildman–Crippen LogP) is 4.16. The molecule has 8 heteroatoms. The summed E-state index contributed by atoms with van der Waals surface area (Å²) in [6.07, 6.45) is 0.954. The number of carbonyl (C=O) groups is 1. The van der Waals surface area contributed by atoms with E-state index in [1.165, 1.54) is 17.8 Å². The fourth-order valence-electron chi connectivity index (χ4n) is 3.27. The average Bonchev–Trinajstić information content (AvgIpc) is 3.12. The highest BCUT2D eigenvalue weighted by Gasteiger charge is 2.28. The molecule has 0 aliphatic carbocycles. The first-order valence-corrected chi connectivity index (χ1v) is 9.76. The number of rotatable bonds is 6. The third kappa shape index (κ3) is 5.25. The van der Waals surface area contributed by atoms with Crippen molar-refractivity contribution in [1.29, 1.82) is 0 Å². The maximum absolute atomic E-state index is 12.8. The van der Waals surface area contributed by atoms with E-state index < -0.39 is 4.92 Å². The van der Waals surface area contributed by atoms with Crippen molar-refractivity contribution in [1.82, 2.24) is 10.2 Å². The topological polar surface area (TPSA) is 75.5 Å². The second-order valence-electron chi connectivity index (χ2n) is 6.82. The van der Waals surface area contributed by atoms with Crippen molar-refractivity contribution in [3.63, 3.8) is 0 Å². The first-order valence-electron chi connectivity index (χ1n) is 8.94. The van der Waals surface area contributed by atoms with Crippen molar-refractivity contribution in [2.24, 2.45) is 5.92 Å². The lowest BCUT2D eigenvalue weighted by atomic mass is 10.1. The molecule has 0 spiro atoms. The number of nitrogens with zero attached hydrogens (tertiary/aromatic N) is 2. The first kappa shape index (κ1) is 22.2. The summed E-state index contributed by atoms with van der Waals surface area (Å²) in [5.74, 6) is 0.300. The number of benzene rings is 2. The van der Waals surface area contributed by atoms with Gasteiger partial charge in [-0.3, -0.25) is 14.9 Å². The molecule has 0 radical (unpaired) electrons. The van der Waals surface area contributed by atoms with E-state index in [0.717, 1.165) is 23.4 Å². The molecule has 6 nitrogen and oxygen atoms in total. The van der Waals surface area contributed by atoms with E-state index in [1.807, 2.05) is 38.2 Å². The molecule has 1 saturated heterocycles. The minimum atomic E-state index is -0.416. The molecule has 1 amide bonds. The summed E-state index contributed by atoms with van der Waals surface area (Å²) in [7, 11) is 1.90. The molecule has 0 saturated carbocycles. The van der Waals surface area contributed by atoms with Crippen LogP contribution in [0, 0.1) is 23.0 Å². The molecule has 1 heterocycles. The molecule has 2 aromatic carbocycles. The van der Waals surface area contributed by atoms with Crippen molar-refractivity contribution in [3.05, 3.63) is 63.7 Å². The number of nitro benzene ring substituents is 1. The van der Waals surface area contributed by atoms with Crippen LogP contribution < -0.4 is 5.32 Å². The Hall–Kier alpha value is -2.09. The van der Waals surface area contributed by atoms with Crippen molar-refractivity contribution >= 4 is 35.8 Å². The molecule has 3 rings (SSSR count). The predicted molar refractivity (Wildman–Crippen MR) is 114 cm³/mol. The molecule has 1 aliphatic heterocycles. The van der Waals surface area contributed by atoms with Crippen LogP contribution in [-0.4, -0.2) is 42.4 Å². The molecule has 28 heavy (non-hydrogen) atoms. The van der Waals surface area contributed by atoms with Crippen molar-refractivity contribution in [3.8, 4) is 0 Å². The van der Waals surface area contributed by atoms with Gasteiger partial charge in [0.1, 0.15) is 0 Å². The van der Waals surface area contributed by atoms with E-state index >= 15 is 0 Å². The summed E-state index contributed by atoms with van der Waals surface area (Å²) in [6.45, 7) is 4.25. The highest BCUT2D eigenvalue weighted by atomic mass is 35.5. The van der Waals surface area contributed by atoms with Crippen LogP contribution in [0.5, 0.6) is 0 Å². The zero-order valence-electron chi connectivity index (χ0n) is 15.9. The van der Waals surface area contributed by atoms with E-state index in [0.29, 0.717) is 29.5 Å². The molecular weight excluding hydrogens is 398 g/mol. The number of nitro groups is 1. The third-order valence-electron chi connectivity index (χ3n) is 4.72. The Morgan fingerprint density at radius 3 is 2.64 bits per heavy atom. The van der Waals surface area contributed by atoms with Gasteiger partial charge in [0.2, 0.25) is 0 Å². The summed E-state index contributed by atoms with van der Waals surface area (Å²) in [5.41, 5.74) is 1.48. The van der Waals surface area contributed by atoms with Gasteiger partial charge in [-0.15, -0.1) is 12.4 Å². The molecule has 150 valence electrons. The number of carbonyl (C=O) groups excluding carboxylic acids is 1. The smallest absolute Gasteiger partial charge is 0.284 e. The quantitative estimate of drug-likeness (QED) is 0.560. The van der Waals surface area contributed by atoms with Gasteiger partial charge in [0.25, 0.3) is 11.6 Å². The lowest BCUT2D eigenvalue weighted by molar-refractivity contribution is -0.387. The minimum Gasteiger partial charge on any atom is -0.338 e. The number of hydrogen-bond donors (Lipinski definition) is 1. The van der Waals surface area contributed by atoms with E-state index in [1.54, 1.807) is 17.0 Å². The van der Waals surface area contributed by atoms with Crippen LogP contribution in [0.25, 0.3) is 0 Å². The molecule has 1 aliphatic rings. The van der Waals surface area contributed by atoms with Gasteiger partial charge in [-0.2, -0.15) is 0 Å². The van der Waals surface area contributed by atoms with Gasteiger partial charge in [-0.1, -0.05) is 29.5 Å². The zero-order valence-corrected chi connectivity index (χ0v) is 17.5. The van der Waals surface area contributed by atoms with E-state index in [2.05, 4.69) is 5.32 Å². The average molecular weight is 422 g/mol. The third-order valence-corrected chi connectivity index (χ3v) is 5.79. The van der Waals surface area contributed by atoms with Gasteiger partial charge in [0, 0.05) is 29.6 Å². The minimum absolute atomic E-state index is 0. The molecular formula is C20H24ClN3O3S. The summed E-state index contributed by atoms with van der Waals surface area (Å²) >= 11 is 1.34. The Kier molecular flexibility index (Phi) is 7.86. The maximum Gasteiger partial charge on any atom is 0.284 e. The highest BCUT2D eigenvalue weighted by molar-refractivity contribution is 7.99. The summed E-state index contributed by atoms with van der Waals surface area (Å²) < 4.78 is 0. The Balaban J connectivity index is 0.00000280. The zero-order chi connectivity index (χ0) is 19.4. The number of hydrogen-bond acceptors (Lipinski definition) is 5. The summed E-state index contributed by atoms with van der Waals surface area (Å²) in [5, 5.41) is 14.7. The summed E-state index contributed by atoms with van der Waals surface area (Å²) in [6, 6.07) is 12.6. The fourth-order valence-corrected chi connectivity index (χ4v) is 4.17. The lowest BCUT2D eigenvalue weighted by Crippen LogP contribution is -2.30. The number of likely N-dealkylation sites (tertiary alicyclic amines) is 1. The van der Waals surface area contributed by atoms with Gasteiger partial charge in [0.15, 0.2) is 0 Å². The van der Waals surface area contributed by atoms with Crippen LogP contribution in [0.1, 0.15) is 22.3 Å². The van der Waals surface area contributed by atoms with Crippen LogP contribution in [0.3, 0.4) is 0 Å². The number of aryl methyl sites for hydroxylation is 1. The van der Waals surface area contributed by atoms with Gasteiger partial charge >= 0.3 is 0 Å². The molecule has 1 unspecified atom stereocenters. The molecule has 1 N–H and O–H groups in total. The standard InChI is InChI=1S/C20H23N3O3S.ClH/c1-14-3-6-17(7-4-14)27-19-8-5-16(11-18(19)23(25)26)20(24)22-10-9-15(13-22)12-21-2;/h3-8,11,15,21H,9-10,12-13H2,1-2H3;1H. The van der Waals surface area contributed by atoms with E-state index in [9.17, 15) is 14.9 Å². The number of amides is 1. The van der Waals surface area contributed by atoms with E-state index in [-0.39, 0.29) is 24.0 Å². The van der Waals surface area contributed by atoms with Gasteiger partial charge in [0.05, 0.1) is 9.82 Å². The van der Waals surface area contributed by atoms with Crippen LogP contribution >= 0.6 is 24.2 Å². The Labute approximate surface area is 175 Å². The monoisotopic (exact) mass is 421 g/mol. The SMILES string of the molecule is CNCC1CCN(C(=O)c2ccc(Sc3ccc(C)cc3)c([N+](=O)[O-])c2)C1.Cl. The second kappa shape index (κ2) is 9.91. The number of halogens is 1. The van der Waals surface area contributed by atoms with Gasteiger partial charge in [-0.05, 0) is 57.1 Å². The van der Waals surface area contributed by atoms with Crippen molar-refractivity contribution in [2.75, 3.05) is 26.7 Å². The van der Waals surface area contributed by atoms with Crippen molar-refractivity contribution in [2.45, 2.75) is 23.1 Å². The van der Waals surface area contributed by atoms with Crippen LogP contribution in [0.4, 0.5) is 5.69 Å². The normalized spacial score (nSPS) is 15.9. The Morgan fingerprint density at radius 1 is 1.29 bits per heavy atom. The van der Waals surface area contributed by atoms with Crippen LogP contribution in [0.2, 0.25) is 0 Å².